The minimum absolute atomic E-state index is 0.469. The monoisotopic (exact) mass is 398 g/mol. The van der Waals surface area contributed by atoms with Crippen molar-refractivity contribution >= 4 is 28.7 Å². The molecule has 10 heteroatoms. The Balaban J connectivity index is 1.45. The van der Waals surface area contributed by atoms with E-state index in [1.165, 1.54) is 11.8 Å². The van der Waals surface area contributed by atoms with Gasteiger partial charge in [-0.15, -0.1) is 20.4 Å². The predicted molar refractivity (Wildman–Crippen MR) is 104 cm³/mol. The third-order valence-corrected chi connectivity index (χ3v) is 6.43. The van der Waals surface area contributed by atoms with E-state index in [-0.39, 0.29) is 0 Å². The maximum atomic E-state index is 4.72. The summed E-state index contributed by atoms with van der Waals surface area (Å²) >= 11 is 3.14. The average molecular weight is 399 g/mol. The lowest BCUT2D eigenvalue weighted by Crippen LogP contribution is -2.27. The molecule has 1 aliphatic rings. The standard InChI is InChI=1S/C17H18N8S2/c1-24-15(11-4-7-18-8-5-11)20-22-17(24)27-14-3-2-13-19-21-16(25(13)23-14)12-6-9-26-10-12/h2-3,6,9-11,18H,4-5,7-8H2,1H3. The Hall–Kier alpha value is -2.30. The van der Waals surface area contributed by atoms with Crippen LogP contribution in [0.4, 0.5) is 0 Å². The summed E-state index contributed by atoms with van der Waals surface area (Å²) in [6.07, 6.45) is 2.21. The van der Waals surface area contributed by atoms with Gasteiger partial charge in [0.2, 0.25) is 0 Å². The number of nitrogens with zero attached hydrogens (tertiary/aromatic N) is 7. The number of hydrogen-bond donors (Lipinski definition) is 1. The van der Waals surface area contributed by atoms with Crippen molar-refractivity contribution in [3.8, 4) is 11.4 Å². The molecule has 4 aromatic heterocycles. The zero-order valence-corrected chi connectivity index (χ0v) is 16.4. The Morgan fingerprint density at radius 1 is 1.11 bits per heavy atom. The molecule has 0 amide bonds. The summed E-state index contributed by atoms with van der Waals surface area (Å²) in [7, 11) is 2.04. The molecular formula is C17H18N8S2. The molecule has 0 unspecified atom stereocenters. The zero-order chi connectivity index (χ0) is 18.2. The number of hydrogen-bond acceptors (Lipinski definition) is 8. The van der Waals surface area contributed by atoms with E-state index in [4.69, 9.17) is 5.10 Å². The van der Waals surface area contributed by atoms with E-state index in [0.29, 0.717) is 5.92 Å². The molecule has 8 nitrogen and oxygen atoms in total. The van der Waals surface area contributed by atoms with Crippen molar-refractivity contribution in [3.05, 3.63) is 34.8 Å². The first-order valence-corrected chi connectivity index (χ1v) is 10.6. The minimum Gasteiger partial charge on any atom is -0.317 e. The Morgan fingerprint density at radius 3 is 2.81 bits per heavy atom. The summed E-state index contributed by atoms with van der Waals surface area (Å²) in [5.41, 5.74) is 1.75. The van der Waals surface area contributed by atoms with Crippen molar-refractivity contribution in [3.63, 3.8) is 0 Å². The summed E-state index contributed by atoms with van der Waals surface area (Å²) < 4.78 is 3.88. The van der Waals surface area contributed by atoms with Gasteiger partial charge in [-0.05, 0) is 61.3 Å². The maximum absolute atomic E-state index is 4.72. The molecule has 0 aliphatic carbocycles. The van der Waals surface area contributed by atoms with Crippen molar-refractivity contribution < 1.29 is 0 Å². The number of piperidine rings is 1. The normalized spacial score (nSPS) is 15.6. The second-order valence-corrected chi connectivity index (χ2v) is 8.27. The van der Waals surface area contributed by atoms with Gasteiger partial charge < -0.3 is 9.88 Å². The van der Waals surface area contributed by atoms with Gasteiger partial charge in [-0.25, -0.2) is 0 Å². The van der Waals surface area contributed by atoms with Crippen LogP contribution >= 0.6 is 23.1 Å². The molecule has 0 aromatic carbocycles. The Morgan fingerprint density at radius 2 is 2.00 bits per heavy atom. The molecule has 1 fully saturated rings. The fourth-order valence-electron chi connectivity index (χ4n) is 3.34. The summed E-state index contributed by atoms with van der Waals surface area (Å²) in [5.74, 6) is 2.28. The molecule has 27 heavy (non-hydrogen) atoms. The summed E-state index contributed by atoms with van der Waals surface area (Å²) in [6.45, 7) is 2.08. The first kappa shape index (κ1) is 16.8. The van der Waals surface area contributed by atoms with Crippen LogP contribution in [0.15, 0.2) is 39.1 Å². The number of aromatic nitrogens is 7. The minimum atomic E-state index is 0.469. The molecule has 4 aromatic rings. The van der Waals surface area contributed by atoms with Crippen LogP contribution in [-0.4, -0.2) is 47.7 Å². The molecule has 0 radical (unpaired) electrons. The highest BCUT2D eigenvalue weighted by molar-refractivity contribution is 7.99. The average Bonchev–Trinajstić information content (AvgIpc) is 3.43. The smallest absolute Gasteiger partial charge is 0.197 e. The van der Waals surface area contributed by atoms with Crippen LogP contribution in [0.3, 0.4) is 0 Å². The van der Waals surface area contributed by atoms with Crippen LogP contribution in [0.5, 0.6) is 0 Å². The van der Waals surface area contributed by atoms with Gasteiger partial charge >= 0.3 is 0 Å². The number of thiophene rings is 1. The lowest BCUT2D eigenvalue weighted by Gasteiger charge is -2.21. The third kappa shape index (κ3) is 3.13. The van der Waals surface area contributed by atoms with Gasteiger partial charge in [0.1, 0.15) is 10.9 Å². The van der Waals surface area contributed by atoms with E-state index >= 15 is 0 Å². The highest BCUT2D eigenvalue weighted by atomic mass is 32.2. The highest BCUT2D eigenvalue weighted by Gasteiger charge is 2.22. The van der Waals surface area contributed by atoms with Crippen molar-refractivity contribution in [1.82, 2.24) is 39.9 Å². The molecule has 0 spiro atoms. The van der Waals surface area contributed by atoms with Crippen molar-refractivity contribution in [2.75, 3.05) is 13.1 Å². The van der Waals surface area contributed by atoms with Crippen LogP contribution in [0.2, 0.25) is 0 Å². The van der Waals surface area contributed by atoms with Crippen molar-refractivity contribution in [1.29, 1.82) is 0 Å². The molecule has 0 saturated carbocycles. The van der Waals surface area contributed by atoms with E-state index < -0.39 is 0 Å². The van der Waals surface area contributed by atoms with Crippen molar-refractivity contribution in [2.24, 2.45) is 7.05 Å². The summed E-state index contributed by atoms with van der Waals surface area (Å²) in [5, 5.41) is 31.2. The van der Waals surface area contributed by atoms with Gasteiger partial charge in [-0.1, -0.05) is 0 Å². The van der Waals surface area contributed by atoms with Gasteiger partial charge in [-0.2, -0.15) is 21.0 Å². The molecule has 1 saturated heterocycles. The largest absolute Gasteiger partial charge is 0.317 e. The van der Waals surface area contributed by atoms with E-state index in [0.717, 1.165) is 59.0 Å². The molecule has 138 valence electrons. The van der Waals surface area contributed by atoms with Crippen LogP contribution in [0.1, 0.15) is 24.6 Å². The van der Waals surface area contributed by atoms with Crippen LogP contribution in [0, 0.1) is 0 Å². The van der Waals surface area contributed by atoms with E-state index in [9.17, 15) is 0 Å². The molecule has 5 rings (SSSR count). The topological polar surface area (TPSA) is 85.8 Å². The third-order valence-electron chi connectivity index (χ3n) is 4.79. The summed E-state index contributed by atoms with van der Waals surface area (Å²) in [4.78, 5) is 0. The molecule has 5 heterocycles. The number of fused-ring (bicyclic) bond motifs is 1. The van der Waals surface area contributed by atoms with Crippen LogP contribution < -0.4 is 5.32 Å². The molecule has 0 bridgehead atoms. The number of nitrogens with one attached hydrogen (secondary N) is 1. The van der Waals surface area contributed by atoms with Gasteiger partial charge in [-0.3, -0.25) is 0 Å². The fourth-order valence-corrected chi connectivity index (χ4v) is 4.73. The molecular weight excluding hydrogens is 380 g/mol. The molecule has 0 atom stereocenters. The quantitative estimate of drug-likeness (QED) is 0.565. The zero-order valence-electron chi connectivity index (χ0n) is 14.7. The SMILES string of the molecule is Cn1c(Sc2ccc3nnc(-c4ccsc4)n3n2)nnc1C1CCNCC1. The van der Waals surface area contributed by atoms with E-state index in [2.05, 4.69) is 30.3 Å². The van der Waals surface area contributed by atoms with Crippen LogP contribution in [-0.2, 0) is 7.05 Å². The maximum Gasteiger partial charge on any atom is 0.197 e. The first-order valence-electron chi connectivity index (χ1n) is 8.82. The Labute approximate surface area is 164 Å². The fraction of sp³-hybridized carbons (Fsp3) is 0.353. The molecule has 1 aliphatic heterocycles. The summed E-state index contributed by atoms with van der Waals surface area (Å²) in [6, 6.07) is 5.91. The predicted octanol–water partition coefficient (Wildman–Crippen LogP) is 2.60. The van der Waals surface area contributed by atoms with Gasteiger partial charge in [0, 0.05) is 23.9 Å². The molecule has 1 N–H and O–H groups in total. The Kier molecular flexibility index (Phi) is 4.38. The lowest BCUT2D eigenvalue weighted by molar-refractivity contribution is 0.434. The van der Waals surface area contributed by atoms with Gasteiger partial charge in [0.05, 0.1) is 0 Å². The van der Waals surface area contributed by atoms with Crippen LogP contribution in [0.25, 0.3) is 17.0 Å². The first-order chi connectivity index (χ1) is 13.3. The van der Waals surface area contributed by atoms with Gasteiger partial charge in [0.15, 0.2) is 16.6 Å². The second-order valence-electron chi connectivity index (χ2n) is 6.50. The van der Waals surface area contributed by atoms with E-state index in [1.54, 1.807) is 15.9 Å². The Bertz CT molecular complexity index is 1060. The number of rotatable bonds is 4. The highest BCUT2D eigenvalue weighted by Crippen LogP contribution is 2.30. The lowest BCUT2D eigenvalue weighted by atomic mass is 9.97. The van der Waals surface area contributed by atoms with E-state index in [1.807, 2.05) is 36.0 Å². The van der Waals surface area contributed by atoms with Crippen molar-refractivity contribution in [2.45, 2.75) is 28.9 Å². The second kappa shape index (κ2) is 7.02. The van der Waals surface area contributed by atoms with Gasteiger partial charge in [0.25, 0.3) is 0 Å².